The molecule has 0 bridgehead atoms. The minimum absolute atomic E-state index is 0.0397. The molecule has 2 N–H and O–H groups in total. The van der Waals surface area contributed by atoms with E-state index < -0.39 is 6.10 Å². The molecule has 0 aliphatic rings. The molecule has 1 amide bonds. The molecular weight excluding hydrogens is 262 g/mol. The highest BCUT2D eigenvalue weighted by Gasteiger charge is 2.09. The van der Waals surface area contributed by atoms with Crippen LogP contribution in [0.5, 0.6) is 0 Å². The molecule has 0 aliphatic heterocycles. The molecule has 2 heterocycles. The summed E-state index contributed by atoms with van der Waals surface area (Å²) in [6.45, 7) is 0.232. The lowest BCUT2D eigenvalue weighted by Crippen LogP contribution is -2.37. The summed E-state index contributed by atoms with van der Waals surface area (Å²) in [6.07, 6.45) is 3.52. The Balaban J connectivity index is 1.78. The Kier molecular flexibility index (Phi) is 4.61. The van der Waals surface area contributed by atoms with Crippen LogP contribution in [0.25, 0.3) is 0 Å². The van der Waals surface area contributed by atoms with Crippen LogP contribution < -0.4 is 10.9 Å². The average molecular weight is 277 g/mol. The first-order valence-electron chi connectivity index (χ1n) is 6.08. The van der Waals surface area contributed by atoms with Crippen LogP contribution in [0.3, 0.4) is 0 Å². The molecule has 2 aromatic heterocycles. The summed E-state index contributed by atoms with van der Waals surface area (Å²) in [5.74, 6) is -0.282. The van der Waals surface area contributed by atoms with Gasteiger partial charge in [0.25, 0.3) is 5.56 Å². The zero-order chi connectivity index (χ0) is 14.4. The lowest BCUT2D eigenvalue weighted by atomic mass is 10.3. The normalized spacial score (nSPS) is 12.1. The lowest BCUT2D eigenvalue weighted by Gasteiger charge is -2.13. The van der Waals surface area contributed by atoms with Gasteiger partial charge in [-0.05, 0) is 6.07 Å². The maximum Gasteiger partial charge on any atom is 0.250 e. The van der Waals surface area contributed by atoms with Gasteiger partial charge in [0, 0.05) is 18.8 Å². The topological polar surface area (TPSA) is 102 Å². The van der Waals surface area contributed by atoms with Crippen molar-refractivity contribution in [3.05, 3.63) is 47.4 Å². The number of aliphatic hydroxyl groups excluding tert-OH is 1. The van der Waals surface area contributed by atoms with Crippen LogP contribution in [-0.2, 0) is 17.9 Å². The van der Waals surface area contributed by atoms with Gasteiger partial charge in [0.1, 0.15) is 19.2 Å². The minimum atomic E-state index is -0.838. The Morgan fingerprint density at radius 2 is 2.30 bits per heavy atom. The Morgan fingerprint density at radius 1 is 1.45 bits per heavy atom. The van der Waals surface area contributed by atoms with Gasteiger partial charge in [-0.15, -0.1) is 0 Å². The van der Waals surface area contributed by atoms with E-state index in [1.165, 1.54) is 28.0 Å². The molecular formula is C12H15N5O3. The van der Waals surface area contributed by atoms with Crippen LogP contribution >= 0.6 is 0 Å². The number of nitrogens with zero attached hydrogens (tertiary/aromatic N) is 4. The molecule has 0 radical (unpaired) electrons. The van der Waals surface area contributed by atoms with E-state index in [-0.39, 0.29) is 31.1 Å². The molecule has 0 saturated carbocycles. The summed E-state index contributed by atoms with van der Waals surface area (Å²) in [7, 11) is 0. The summed E-state index contributed by atoms with van der Waals surface area (Å²) >= 11 is 0. The van der Waals surface area contributed by atoms with Crippen LogP contribution in [0.1, 0.15) is 0 Å². The van der Waals surface area contributed by atoms with Crippen molar-refractivity contribution in [2.45, 2.75) is 19.2 Å². The SMILES string of the molecule is O=C(Cn1cncn1)NCC(O)Cn1ccccc1=O. The van der Waals surface area contributed by atoms with Gasteiger partial charge in [0.15, 0.2) is 0 Å². The molecule has 2 rings (SSSR count). The Hall–Kier alpha value is -2.48. The molecule has 2 aromatic rings. The van der Waals surface area contributed by atoms with Crippen molar-refractivity contribution < 1.29 is 9.90 Å². The third kappa shape index (κ3) is 4.02. The van der Waals surface area contributed by atoms with E-state index in [0.717, 1.165) is 0 Å². The predicted molar refractivity (Wildman–Crippen MR) is 69.7 cm³/mol. The fourth-order valence-electron chi connectivity index (χ4n) is 1.65. The summed E-state index contributed by atoms with van der Waals surface area (Å²) in [6, 6.07) is 4.75. The maximum atomic E-state index is 11.6. The monoisotopic (exact) mass is 277 g/mol. The van der Waals surface area contributed by atoms with E-state index in [4.69, 9.17) is 0 Å². The van der Waals surface area contributed by atoms with Gasteiger partial charge in [0.05, 0.1) is 12.6 Å². The highest BCUT2D eigenvalue weighted by Crippen LogP contribution is 1.89. The maximum absolute atomic E-state index is 11.6. The first kappa shape index (κ1) is 13.9. The van der Waals surface area contributed by atoms with E-state index in [1.807, 2.05) is 0 Å². The molecule has 1 unspecified atom stereocenters. The van der Waals surface area contributed by atoms with Crippen LogP contribution in [0, 0.1) is 0 Å². The molecule has 1 atom stereocenters. The number of nitrogens with one attached hydrogen (secondary N) is 1. The van der Waals surface area contributed by atoms with Crippen LogP contribution in [-0.4, -0.2) is 43.0 Å². The largest absolute Gasteiger partial charge is 0.389 e. The highest BCUT2D eigenvalue weighted by molar-refractivity contribution is 5.75. The first-order valence-corrected chi connectivity index (χ1v) is 6.08. The Bertz CT molecular complexity index is 608. The fraction of sp³-hybridized carbons (Fsp3) is 0.333. The molecule has 20 heavy (non-hydrogen) atoms. The van der Waals surface area contributed by atoms with Crippen molar-refractivity contribution >= 4 is 5.91 Å². The van der Waals surface area contributed by atoms with Crippen LogP contribution in [0.2, 0.25) is 0 Å². The lowest BCUT2D eigenvalue weighted by molar-refractivity contribution is -0.122. The summed E-state index contributed by atoms with van der Waals surface area (Å²) < 4.78 is 2.76. The van der Waals surface area contributed by atoms with Gasteiger partial charge in [-0.2, -0.15) is 5.10 Å². The van der Waals surface area contributed by atoms with Gasteiger partial charge < -0.3 is 15.0 Å². The number of hydrogen-bond donors (Lipinski definition) is 2. The van der Waals surface area contributed by atoms with E-state index in [0.29, 0.717) is 0 Å². The van der Waals surface area contributed by atoms with E-state index in [2.05, 4.69) is 15.4 Å². The fourth-order valence-corrected chi connectivity index (χ4v) is 1.65. The number of carbonyl (C=O) groups excluding carboxylic acids is 1. The Labute approximate surface area is 114 Å². The number of amides is 1. The van der Waals surface area contributed by atoms with E-state index in [1.54, 1.807) is 18.3 Å². The highest BCUT2D eigenvalue weighted by atomic mass is 16.3. The van der Waals surface area contributed by atoms with Crippen LogP contribution in [0.15, 0.2) is 41.8 Å². The molecule has 8 heteroatoms. The molecule has 0 fully saturated rings. The van der Waals surface area contributed by atoms with Gasteiger partial charge in [-0.3, -0.25) is 9.59 Å². The smallest absolute Gasteiger partial charge is 0.250 e. The van der Waals surface area contributed by atoms with Crippen molar-refractivity contribution in [1.29, 1.82) is 0 Å². The number of aliphatic hydroxyl groups is 1. The quantitative estimate of drug-likeness (QED) is 0.677. The van der Waals surface area contributed by atoms with Gasteiger partial charge in [0.2, 0.25) is 5.91 Å². The van der Waals surface area contributed by atoms with Crippen molar-refractivity contribution in [2.75, 3.05) is 6.54 Å². The number of carbonyl (C=O) groups is 1. The second-order valence-electron chi connectivity index (χ2n) is 4.24. The molecule has 0 aromatic carbocycles. The van der Waals surface area contributed by atoms with Gasteiger partial charge >= 0.3 is 0 Å². The molecule has 0 spiro atoms. The second kappa shape index (κ2) is 6.62. The zero-order valence-electron chi connectivity index (χ0n) is 10.7. The number of hydrogen-bond acceptors (Lipinski definition) is 5. The van der Waals surface area contributed by atoms with Gasteiger partial charge in [-0.25, -0.2) is 9.67 Å². The third-order valence-corrected chi connectivity index (χ3v) is 2.61. The summed E-state index contributed by atoms with van der Waals surface area (Å²) in [5.41, 5.74) is -0.194. The Morgan fingerprint density at radius 3 is 3.00 bits per heavy atom. The average Bonchev–Trinajstić information content (AvgIpc) is 2.92. The number of aromatic nitrogens is 4. The summed E-state index contributed by atoms with van der Waals surface area (Å²) in [4.78, 5) is 26.7. The predicted octanol–water partition coefficient (Wildman–Crippen LogP) is -1.38. The zero-order valence-corrected chi connectivity index (χ0v) is 10.7. The van der Waals surface area contributed by atoms with Crippen molar-refractivity contribution in [3.63, 3.8) is 0 Å². The summed E-state index contributed by atoms with van der Waals surface area (Å²) in [5, 5.41) is 16.2. The molecule has 8 nitrogen and oxygen atoms in total. The third-order valence-electron chi connectivity index (χ3n) is 2.61. The standard InChI is InChI=1S/C12H15N5O3/c18-10(6-16-4-2-1-3-12(16)20)5-14-11(19)7-17-9-13-8-15-17/h1-4,8-10,18H,5-7H2,(H,14,19). The van der Waals surface area contributed by atoms with Crippen molar-refractivity contribution in [2.24, 2.45) is 0 Å². The van der Waals surface area contributed by atoms with E-state index in [9.17, 15) is 14.7 Å². The van der Waals surface area contributed by atoms with Gasteiger partial charge in [-0.1, -0.05) is 6.07 Å². The second-order valence-corrected chi connectivity index (χ2v) is 4.24. The molecule has 0 saturated heterocycles. The van der Waals surface area contributed by atoms with Crippen molar-refractivity contribution in [1.82, 2.24) is 24.6 Å². The first-order chi connectivity index (χ1) is 9.65. The number of pyridine rings is 1. The molecule has 106 valence electrons. The van der Waals surface area contributed by atoms with Crippen LogP contribution in [0.4, 0.5) is 0 Å². The minimum Gasteiger partial charge on any atom is -0.389 e. The van der Waals surface area contributed by atoms with E-state index >= 15 is 0 Å². The number of rotatable bonds is 6. The molecule has 0 aliphatic carbocycles. The van der Waals surface area contributed by atoms with Crippen molar-refractivity contribution in [3.8, 4) is 0 Å².